The molecule has 0 bridgehead atoms. The molecular formula is C19H27N5. The summed E-state index contributed by atoms with van der Waals surface area (Å²) >= 11 is 0. The number of nitrogens with zero attached hydrogens (tertiary/aromatic N) is 4. The van der Waals surface area contributed by atoms with Crippen molar-refractivity contribution < 1.29 is 0 Å². The van der Waals surface area contributed by atoms with Crippen molar-refractivity contribution in [3.8, 4) is 0 Å². The molecule has 0 spiro atoms. The van der Waals surface area contributed by atoms with Crippen molar-refractivity contribution >= 4 is 11.8 Å². The van der Waals surface area contributed by atoms with Crippen LogP contribution in [0.2, 0.25) is 0 Å². The Morgan fingerprint density at radius 1 is 1.17 bits per heavy atom. The molecule has 0 saturated carbocycles. The van der Waals surface area contributed by atoms with Gasteiger partial charge in [-0.3, -0.25) is 0 Å². The Morgan fingerprint density at radius 3 is 2.62 bits per heavy atom. The molecular weight excluding hydrogens is 298 g/mol. The Hall–Kier alpha value is -2.17. The van der Waals surface area contributed by atoms with Gasteiger partial charge < -0.3 is 10.2 Å². The lowest BCUT2D eigenvalue weighted by molar-refractivity contribution is 0.400. The van der Waals surface area contributed by atoms with E-state index < -0.39 is 0 Å². The van der Waals surface area contributed by atoms with Crippen LogP contribution in [0.4, 0.5) is 11.8 Å². The minimum absolute atomic E-state index is 0.581. The van der Waals surface area contributed by atoms with Crippen LogP contribution in [-0.4, -0.2) is 34.8 Å². The molecule has 2 heterocycles. The highest BCUT2D eigenvalue weighted by atomic mass is 15.3. The molecule has 1 aromatic carbocycles. The van der Waals surface area contributed by atoms with Crippen molar-refractivity contribution in [3.05, 3.63) is 42.1 Å². The van der Waals surface area contributed by atoms with Crippen LogP contribution in [0.5, 0.6) is 0 Å². The number of anilines is 2. The van der Waals surface area contributed by atoms with Crippen molar-refractivity contribution in [2.45, 2.75) is 33.1 Å². The number of rotatable bonds is 6. The fraction of sp³-hybridized carbons (Fsp3) is 0.526. The number of aromatic nitrogens is 3. The molecule has 0 aliphatic carbocycles. The van der Waals surface area contributed by atoms with Gasteiger partial charge in [-0.25, -0.2) is 0 Å². The zero-order valence-corrected chi connectivity index (χ0v) is 14.7. The molecule has 1 aliphatic rings. The summed E-state index contributed by atoms with van der Waals surface area (Å²) in [4.78, 5) is 6.88. The summed E-state index contributed by atoms with van der Waals surface area (Å²) in [7, 11) is 0. The van der Waals surface area contributed by atoms with Crippen LogP contribution in [0.1, 0.15) is 32.3 Å². The standard InChI is InChI=1S/C19H27N5/c1-15(2)13-20-18-14-21-23-19(22-18)24-10-8-17(9-11-24)12-16-6-4-3-5-7-16/h3-7,14-15,17H,8-13H2,1-2H3,(H,20,22,23). The molecule has 2 aromatic rings. The summed E-state index contributed by atoms with van der Waals surface area (Å²) in [6.07, 6.45) is 5.24. The largest absolute Gasteiger partial charge is 0.368 e. The third-order valence-electron chi connectivity index (χ3n) is 4.50. The second-order valence-corrected chi connectivity index (χ2v) is 7.04. The van der Waals surface area contributed by atoms with Gasteiger partial charge in [0.2, 0.25) is 5.95 Å². The van der Waals surface area contributed by atoms with E-state index in [9.17, 15) is 0 Å². The van der Waals surface area contributed by atoms with E-state index in [1.807, 2.05) is 0 Å². The average Bonchev–Trinajstić information content (AvgIpc) is 2.62. The normalized spacial score (nSPS) is 15.7. The highest BCUT2D eigenvalue weighted by Crippen LogP contribution is 2.24. The van der Waals surface area contributed by atoms with E-state index in [4.69, 9.17) is 0 Å². The van der Waals surface area contributed by atoms with Crippen molar-refractivity contribution in [1.29, 1.82) is 0 Å². The van der Waals surface area contributed by atoms with Gasteiger partial charge in [0.15, 0.2) is 5.82 Å². The predicted molar refractivity (Wildman–Crippen MR) is 98.2 cm³/mol. The minimum Gasteiger partial charge on any atom is -0.368 e. The number of piperidine rings is 1. The molecule has 0 amide bonds. The van der Waals surface area contributed by atoms with Gasteiger partial charge >= 0.3 is 0 Å². The Labute approximate surface area is 144 Å². The summed E-state index contributed by atoms with van der Waals surface area (Å²) in [5.41, 5.74) is 1.44. The summed E-state index contributed by atoms with van der Waals surface area (Å²) < 4.78 is 0. The van der Waals surface area contributed by atoms with Gasteiger partial charge in [0.1, 0.15) is 0 Å². The summed E-state index contributed by atoms with van der Waals surface area (Å²) in [5.74, 6) is 2.90. The molecule has 5 heteroatoms. The topological polar surface area (TPSA) is 53.9 Å². The summed E-state index contributed by atoms with van der Waals surface area (Å²) in [6.45, 7) is 7.27. The molecule has 5 nitrogen and oxygen atoms in total. The van der Waals surface area contributed by atoms with Gasteiger partial charge in [-0.1, -0.05) is 44.2 Å². The van der Waals surface area contributed by atoms with Crippen molar-refractivity contribution in [1.82, 2.24) is 15.2 Å². The first-order valence-electron chi connectivity index (χ1n) is 8.93. The first-order valence-corrected chi connectivity index (χ1v) is 8.93. The van der Waals surface area contributed by atoms with Crippen LogP contribution in [0, 0.1) is 11.8 Å². The maximum Gasteiger partial charge on any atom is 0.247 e. The van der Waals surface area contributed by atoms with E-state index >= 15 is 0 Å². The molecule has 3 rings (SSSR count). The molecule has 0 radical (unpaired) electrons. The second kappa shape index (κ2) is 8.08. The number of nitrogens with one attached hydrogen (secondary N) is 1. The van der Waals surface area contributed by atoms with Crippen LogP contribution >= 0.6 is 0 Å². The minimum atomic E-state index is 0.581. The van der Waals surface area contributed by atoms with Gasteiger partial charge in [-0.15, -0.1) is 5.10 Å². The monoisotopic (exact) mass is 325 g/mol. The van der Waals surface area contributed by atoms with E-state index in [0.717, 1.165) is 37.3 Å². The van der Waals surface area contributed by atoms with Crippen molar-refractivity contribution in [2.75, 3.05) is 29.9 Å². The van der Waals surface area contributed by atoms with Crippen LogP contribution in [0.3, 0.4) is 0 Å². The molecule has 1 aliphatic heterocycles. The van der Waals surface area contributed by atoms with Crippen LogP contribution in [0.15, 0.2) is 36.5 Å². The second-order valence-electron chi connectivity index (χ2n) is 7.04. The van der Waals surface area contributed by atoms with Gasteiger partial charge in [0, 0.05) is 19.6 Å². The molecule has 128 valence electrons. The van der Waals surface area contributed by atoms with Crippen molar-refractivity contribution in [3.63, 3.8) is 0 Å². The van der Waals surface area contributed by atoms with Crippen molar-refractivity contribution in [2.24, 2.45) is 11.8 Å². The van der Waals surface area contributed by atoms with Crippen LogP contribution in [0.25, 0.3) is 0 Å². The maximum atomic E-state index is 4.62. The van der Waals surface area contributed by atoms with Crippen LogP contribution < -0.4 is 10.2 Å². The first kappa shape index (κ1) is 16.7. The lowest BCUT2D eigenvalue weighted by Gasteiger charge is -2.31. The Morgan fingerprint density at radius 2 is 1.92 bits per heavy atom. The number of hydrogen-bond donors (Lipinski definition) is 1. The lowest BCUT2D eigenvalue weighted by atomic mass is 9.90. The number of hydrogen-bond acceptors (Lipinski definition) is 5. The van der Waals surface area contributed by atoms with Gasteiger partial charge in [0.25, 0.3) is 0 Å². The Balaban J connectivity index is 1.53. The highest BCUT2D eigenvalue weighted by Gasteiger charge is 2.21. The molecule has 1 saturated heterocycles. The lowest BCUT2D eigenvalue weighted by Crippen LogP contribution is -2.35. The zero-order chi connectivity index (χ0) is 16.8. The van der Waals surface area contributed by atoms with E-state index in [1.54, 1.807) is 6.20 Å². The summed E-state index contributed by atoms with van der Waals surface area (Å²) in [5, 5.41) is 11.7. The molecule has 1 aromatic heterocycles. The Bertz CT molecular complexity index is 621. The van der Waals surface area contributed by atoms with E-state index in [1.165, 1.54) is 24.8 Å². The van der Waals surface area contributed by atoms with Gasteiger partial charge in [0.05, 0.1) is 6.20 Å². The predicted octanol–water partition coefficient (Wildman–Crippen LogP) is 3.40. The maximum absolute atomic E-state index is 4.62. The first-order chi connectivity index (χ1) is 11.7. The average molecular weight is 325 g/mol. The Kier molecular flexibility index (Phi) is 5.62. The summed E-state index contributed by atoms with van der Waals surface area (Å²) in [6, 6.07) is 10.8. The van der Waals surface area contributed by atoms with Crippen LogP contribution in [-0.2, 0) is 6.42 Å². The zero-order valence-electron chi connectivity index (χ0n) is 14.7. The van der Waals surface area contributed by atoms with E-state index in [-0.39, 0.29) is 0 Å². The molecule has 24 heavy (non-hydrogen) atoms. The fourth-order valence-electron chi connectivity index (χ4n) is 3.11. The third kappa shape index (κ3) is 4.66. The third-order valence-corrected chi connectivity index (χ3v) is 4.50. The highest BCUT2D eigenvalue weighted by molar-refractivity contribution is 5.39. The number of benzene rings is 1. The SMILES string of the molecule is CC(C)CNc1cnnc(N2CCC(Cc3ccccc3)CC2)n1. The fourth-order valence-corrected chi connectivity index (χ4v) is 3.11. The molecule has 0 unspecified atom stereocenters. The quantitative estimate of drug-likeness (QED) is 0.882. The van der Waals surface area contributed by atoms with E-state index in [0.29, 0.717) is 5.92 Å². The van der Waals surface area contributed by atoms with Gasteiger partial charge in [-0.05, 0) is 36.7 Å². The van der Waals surface area contributed by atoms with E-state index in [2.05, 4.69) is 69.6 Å². The molecule has 1 N–H and O–H groups in total. The van der Waals surface area contributed by atoms with Gasteiger partial charge in [-0.2, -0.15) is 10.1 Å². The molecule has 1 fully saturated rings. The smallest absolute Gasteiger partial charge is 0.247 e. The molecule has 0 atom stereocenters.